The standard InChI is InChI=1S/C20H24N2S2/c1-3-5-13-21-24-15-11-12-20-18(14-15)22-17(8-4-2)16-9-6-7-10-19(16)23-20/h6-7,9-12,14,21H,3-5,8,13H2,1-2H3. The quantitative estimate of drug-likeness (QED) is 0.454. The van der Waals surface area contributed by atoms with Gasteiger partial charge in [-0.2, -0.15) is 0 Å². The Morgan fingerprint density at radius 2 is 1.92 bits per heavy atom. The minimum atomic E-state index is 1.02. The van der Waals surface area contributed by atoms with Crippen LogP contribution in [0.1, 0.15) is 45.1 Å². The molecule has 0 aromatic heterocycles. The third-order valence-corrected chi connectivity index (χ3v) is 5.89. The second-order valence-corrected chi connectivity index (χ2v) is 7.93. The summed E-state index contributed by atoms with van der Waals surface area (Å²) in [6, 6.07) is 15.2. The Hall–Kier alpha value is -1.23. The zero-order chi connectivity index (χ0) is 16.8. The topological polar surface area (TPSA) is 24.4 Å². The maximum Gasteiger partial charge on any atom is 0.0784 e. The van der Waals surface area contributed by atoms with E-state index >= 15 is 0 Å². The first kappa shape index (κ1) is 17.6. The number of hydrogen-bond acceptors (Lipinski definition) is 4. The van der Waals surface area contributed by atoms with E-state index in [2.05, 4.69) is 61.0 Å². The molecule has 1 aliphatic heterocycles. The summed E-state index contributed by atoms with van der Waals surface area (Å²) in [5.74, 6) is 0. The maximum absolute atomic E-state index is 5.03. The number of benzene rings is 2. The minimum Gasteiger partial charge on any atom is -0.260 e. The van der Waals surface area contributed by atoms with Crippen LogP contribution in [0.3, 0.4) is 0 Å². The Morgan fingerprint density at radius 3 is 2.75 bits per heavy atom. The van der Waals surface area contributed by atoms with Crippen LogP contribution in [0.25, 0.3) is 0 Å². The predicted molar refractivity (Wildman–Crippen MR) is 107 cm³/mol. The second-order valence-electron chi connectivity index (χ2n) is 5.89. The van der Waals surface area contributed by atoms with Crippen LogP contribution in [0.2, 0.25) is 0 Å². The molecule has 0 amide bonds. The normalized spacial score (nSPS) is 13.0. The molecule has 24 heavy (non-hydrogen) atoms. The van der Waals surface area contributed by atoms with Crippen LogP contribution >= 0.6 is 23.7 Å². The van der Waals surface area contributed by atoms with Crippen molar-refractivity contribution in [2.45, 2.75) is 54.2 Å². The van der Waals surface area contributed by atoms with Gasteiger partial charge in [-0.05, 0) is 49.1 Å². The molecule has 4 heteroatoms. The van der Waals surface area contributed by atoms with Crippen molar-refractivity contribution in [1.82, 2.24) is 4.72 Å². The summed E-state index contributed by atoms with van der Waals surface area (Å²) in [7, 11) is 0. The number of aliphatic imine (C=N–C) groups is 1. The van der Waals surface area contributed by atoms with Crippen molar-refractivity contribution in [2.75, 3.05) is 6.54 Å². The number of unbranched alkanes of at least 4 members (excludes halogenated alkanes) is 1. The average Bonchev–Trinajstić information content (AvgIpc) is 2.75. The van der Waals surface area contributed by atoms with Crippen LogP contribution in [-0.2, 0) is 0 Å². The smallest absolute Gasteiger partial charge is 0.0784 e. The fourth-order valence-electron chi connectivity index (χ4n) is 2.66. The molecule has 2 aromatic carbocycles. The molecule has 0 atom stereocenters. The first-order chi connectivity index (χ1) is 11.8. The second kappa shape index (κ2) is 8.75. The van der Waals surface area contributed by atoms with Crippen LogP contribution in [0, 0.1) is 0 Å². The molecule has 0 spiro atoms. The molecule has 2 aromatic rings. The van der Waals surface area contributed by atoms with Crippen LogP contribution in [0.4, 0.5) is 5.69 Å². The molecular formula is C20H24N2S2. The van der Waals surface area contributed by atoms with E-state index in [4.69, 9.17) is 4.99 Å². The van der Waals surface area contributed by atoms with Crippen molar-refractivity contribution >= 4 is 35.1 Å². The van der Waals surface area contributed by atoms with Crippen LogP contribution in [0.5, 0.6) is 0 Å². The molecule has 0 aliphatic carbocycles. The van der Waals surface area contributed by atoms with E-state index in [1.807, 2.05) is 11.8 Å². The summed E-state index contributed by atoms with van der Waals surface area (Å²) < 4.78 is 3.44. The van der Waals surface area contributed by atoms with Crippen molar-refractivity contribution in [2.24, 2.45) is 4.99 Å². The van der Waals surface area contributed by atoms with E-state index in [0.29, 0.717) is 0 Å². The highest BCUT2D eigenvalue weighted by atomic mass is 32.2. The zero-order valence-corrected chi connectivity index (χ0v) is 16.0. The fraction of sp³-hybridized carbons (Fsp3) is 0.350. The van der Waals surface area contributed by atoms with E-state index in [-0.39, 0.29) is 0 Å². The first-order valence-corrected chi connectivity index (χ1v) is 10.3. The van der Waals surface area contributed by atoms with Gasteiger partial charge in [0.25, 0.3) is 0 Å². The van der Waals surface area contributed by atoms with Gasteiger partial charge in [0, 0.05) is 32.5 Å². The fourth-order valence-corrected chi connectivity index (χ4v) is 4.41. The Kier molecular flexibility index (Phi) is 6.41. The van der Waals surface area contributed by atoms with Crippen LogP contribution < -0.4 is 4.72 Å². The SMILES string of the molecule is CCCCNSc1ccc2c(c1)N=C(CCC)c1ccccc1S2. The van der Waals surface area contributed by atoms with Crippen molar-refractivity contribution in [1.29, 1.82) is 0 Å². The van der Waals surface area contributed by atoms with E-state index in [9.17, 15) is 0 Å². The van der Waals surface area contributed by atoms with E-state index in [1.54, 1.807) is 11.9 Å². The molecule has 0 fully saturated rings. The summed E-state index contributed by atoms with van der Waals surface area (Å²) >= 11 is 3.54. The maximum atomic E-state index is 5.03. The summed E-state index contributed by atoms with van der Waals surface area (Å²) in [5.41, 5.74) is 3.60. The van der Waals surface area contributed by atoms with Crippen molar-refractivity contribution in [3.63, 3.8) is 0 Å². The van der Waals surface area contributed by atoms with Crippen molar-refractivity contribution in [3.8, 4) is 0 Å². The molecule has 0 saturated heterocycles. The van der Waals surface area contributed by atoms with E-state index < -0.39 is 0 Å². The summed E-state index contributed by atoms with van der Waals surface area (Å²) in [6.07, 6.45) is 4.56. The molecule has 126 valence electrons. The third kappa shape index (κ3) is 4.24. The Labute approximate surface area is 153 Å². The van der Waals surface area contributed by atoms with Gasteiger partial charge in [-0.3, -0.25) is 9.71 Å². The Balaban J connectivity index is 1.89. The van der Waals surface area contributed by atoms with Crippen molar-refractivity contribution in [3.05, 3.63) is 48.0 Å². The van der Waals surface area contributed by atoms with Gasteiger partial charge >= 0.3 is 0 Å². The number of nitrogens with one attached hydrogen (secondary N) is 1. The monoisotopic (exact) mass is 356 g/mol. The first-order valence-electron chi connectivity index (χ1n) is 8.70. The molecule has 0 radical (unpaired) electrons. The molecule has 0 unspecified atom stereocenters. The van der Waals surface area contributed by atoms with E-state index in [1.165, 1.54) is 38.8 Å². The highest BCUT2D eigenvalue weighted by Gasteiger charge is 2.17. The van der Waals surface area contributed by atoms with Crippen LogP contribution in [-0.4, -0.2) is 12.3 Å². The lowest BCUT2D eigenvalue weighted by atomic mass is 10.1. The van der Waals surface area contributed by atoms with Gasteiger partial charge < -0.3 is 0 Å². The largest absolute Gasteiger partial charge is 0.260 e. The molecular weight excluding hydrogens is 332 g/mol. The third-order valence-electron chi connectivity index (χ3n) is 3.91. The van der Waals surface area contributed by atoms with Gasteiger partial charge in [0.05, 0.1) is 5.69 Å². The Bertz CT molecular complexity index is 725. The molecule has 2 nitrogen and oxygen atoms in total. The highest BCUT2D eigenvalue weighted by Crippen LogP contribution is 2.42. The lowest BCUT2D eigenvalue weighted by molar-refractivity contribution is 0.776. The Morgan fingerprint density at radius 1 is 1.04 bits per heavy atom. The zero-order valence-electron chi connectivity index (χ0n) is 14.3. The summed E-state index contributed by atoms with van der Waals surface area (Å²) in [5, 5.41) is 0. The molecule has 1 N–H and O–H groups in total. The number of hydrogen-bond donors (Lipinski definition) is 1. The van der Waals surface area contributed by atoms with Gasteiger partial charge in [-0.15, -0.1) is 0 Å². The van der Waals surface area contributed by atoms with Gasteiger partial charge in [-0.1, -0.05) is 56.7 Å². The summed E-state index contributed by atoms with van der Waals surface area (Å²) in [4.78, 5) is 8.81. The summed E-state index contributed by atoms with van der Waals surface area (Å²) in [6.45, 7) is 5.48. The minimum absolute atomic E-state index is 1.02. The van der Waals surface area contributed by atoms with Crippen LogP contribution in [0.15, 0.2) is 62.1 Å². The molecule has 0 bridgehead atoms. The number of rotatable bonds is 7. The number of fused-ring (bicyclic) bond motifs is 2. The van der Waals surface area contributed by atoms with Crippen molar-refractivity contribution < 1.29 is 0 Å². The van der Waals surface area contributed by atoms with Gasteiger partial charge in [0.2, 0.25) is 0 Å². The molecule has 0 saturated carbocycles. The van der Waals surface area contributed by atoms with Gasteiger partial charge in [0.1, 0.15) is 0 Å². The highest BCUT2D eigenvalue weighted by molar-refractivity contribution is 7.99. The average molecular weight is 357 g/mol. The molecule has 1 heterocycles. The lowest BCUT2D eigenvalue weighted by Crippen LogP contribution is -2.04. The predicted octanol–water partition coefficient (Wildman–Crippen LogP) is 6.47. The van der Waals surface area contributed by atoms with Gasteiger partial charge in [0.15, 0.2) is 0 Å². The lowest BCUT2D eigenvalue weighted by Gasteiger charge is -2.07. The molecule has 1 aliphatic rings. The van der Waals surface area contributed by atoms with E-state index in [0.717, 1.165) is 25.1 Å². The van der Waals surface area contributed by atoms with Gasteiger partial charge in [-0.25, -0.2) is 0 Å². The molecule has 3 rings (SSSR count). The number of nitrogens with zero attached hydrogens (tertiary/aromatic N) is 1.